The minimum absolute atomic E-state index is 0.0495. The molecule has 1 aromatic carbocycles. The third-order valence-electron chi connectivity index (χ3n) is 5.87. The van der Waals surface area contributed by atoms with Crippen LogP contribution in [0.15, 0.2) is 42.9 Å². The number of hydrogen-bond donors (Lipinski definition) is 3. The SMILES string of the molecule is CC(C)(O)Cc1cc2nc(Nc3ncc[nH]3)c(N3CCC(Oc4ccc(F)cc4F)CC3)nc2cn1. The fourth-order valence-electron chi connectivity index (χ4n) is 4.22. The molecule has 0 saturated carbocycles. The van der Waals surface area contributed by atoms with Crippen molar-refractivity contribution in [1.82, 2.24) is 24.9 Å². The van der Waals surface area contributed by atoms with Crippen LogP contribution in [0.1, 0.15) is 32.4 Å². The summed E-state index contributed by atoms with van der Waals surface area (Å²) in [6.07, 6.45) is 6.44. The van der Waals surface area contributed by atoms with E-state index in [1.54, 1.807) is 32.4 Å². The van der Waals surface area contributed by atoms with Crippen LogP contribution in [-0.2, 0) is 6.42 Å². The molecule has 0 aliphatic carbocycles. The number of nitrogens with zero attached hydrogens (tertiary/aromatic N) is 5. The maximum absolute atomic E-state index is 14.0. The van der Waals surface area contributed by atoms with Crippen LogP contribution in [-0.4, -0.2) is 54.8 Å². The van der Waals surface area contributed by atoms with Gasteiger partial charge in [0.2, 0.25) is 5.95 Å². The molecule has 9 nitrogen and oxygen atoms in total. The normalized spacial score (nSPS) is 14.9. The van der Waals surface area contributed by atoms with E-state index in [-0.39, 0.29) is 11.9 Å². The zero-order valence-electron chi connectivity index (χ0n) is 20.0. The number of benzene rings is 1. The molecule has 0 bridgehead atoms. The zero-order valence-corrected chi connectivity index (χ0v) is 20.0. The fourth-order valence-corrected chi connectivity index (χ4v) is 4.22. The number of halogens is 2. The van der Waals surface area contributed by atoms with Gasteiger partial charge in [-0.3, -0.25) is 4.98 Å². The molecule has 5 rings (SSSR count). The molecular weight excluding hydrogens is 468 g/mol. The van der Waals surface area contributed by atoms with Gasteiger partial charge < -0.3 is 25.0 Å². The monoisotopic (exact) mass is 495 g/mol. The highest BCUT2D eigenvalue weighted by Crippen LogP contribution is 2.31. The Morgan fingerprint density at radius 2 is 1.94 bits per heavy atom. The molecule has 1 saturated heterocycles. The van der Waals surface area contributed by atoms with Gasteiger partial charge in [0.15, 0.2) is 23.2 Å². The summed E-state index contributed by atoms with van der Waals surface area (Å²) in [6.45, 7) is 4.67. The van der Waals surface area contributed by atoms with Crippen molar-refractivity contribution in [3.8, 4) is 5.75 Å². The van der Waals surface area contributed by atoms with Crippen LogP contribution >= 0.6 is 0 Å². The first-order valence-corrected chi connectivity index (χ1v) is 11.8. The van der Waals surface area contributed by atoms with Crippen LogP contribution in [0.5, 0.6) is 5.75 Å². The molecular formula is C25H27F2N7O2. The summed E-state index contributed by atoms with van der Waals surface area (Å²) in [6, 6.07) is 5.15. The van der Waals surface area contributed by atoms with E-state index in [1.165, 1.54) is 12.1 Å². The summed E-state index contributed by atoms with van der Waals surface area (Å²) in [5, 5.41) is 13.4. The first-order chi connectivity index (χ1) is 17.2. The molecule has 0 spiro atoms. The maximum atomic E-state index is 14.0. The fraction of sp³-hybridized carbons (Fsp3) is 0.360. The van der Waals surface area contributed by atoms with E-state index < -0.39 is 17.2 Å². The number of H-pyrrole nitrogens is 1. The number of aromatic amines is 1. The van der Waals surface area contributed by atoms with E-state index in [0.29, 0.717) is 66.7 Å². The van der Waals surface area contributed by atoms with Crippen molar-refractivity contribution in [3.63, 3.8) is 0 Å². The lowest BCUT2D eigenvalue weighted by Gasteiger charge is -2.33. The Kier molecular flexibility index (Phi) is 6.40. The van der Waals surface area contributed by atoms with Gasteiger partial charge in [0, 0.05) is 56.5 Å². The molecule has 1 aliphatic heterocycles. The van der Waals surface area contributed by atoms with Crippen molar-refractivity contribution >= 4 is 28.6 Å². The molecule has 0 radical (unpaired) electrons. The number of ether oxygens (including phenoxy) is 1. The first kappa shape index (κ1) is 23.9. The molecule has 0 amide bonds. The Morgan fingerprint density at radius 3 is 2.64 bits per heavy atom. The van der Waals surface area contributed by atoms with Gasteiger partial charge in [-0.2, -0.15) is 0 Å². The Balaban J connectivity index is 1.38. The van der Waals surface area contributed by atoms with E-state index in [9.17, 15) is 13.9 Å². The topological polar surface area (TPSA) is 112 Å². The van der Waals surface area contributed by atoms with Crippen molar-refractivity contribution in [1.29, 1.82) is 0 Å². The predicted molar refractivity (Wildman–Crippen MR) is 131 cm³/mol. The predicted octanol–water partition coefficient (Wildman–Crippen LogP) is 4.13. The molecule has 188 valence electrons. The van der Waals surface area contributed by atoms with Crippen LogP contribution in [0.3, 0.4) is 0 Å². The maximum Gasteiger partial charge on any atom is 0.205 e. The van der Waals surface area contributed by atoms with Gasteiger partial charge in [-0.05, 0) is 32.0 Å². The Labute approximate surface area is 206 Å². The van der Waals surface area contributed by atoms with Crippen LogP contribution < -0.4 is 15.0 Å². The van der Waals surface area contributed by atoms with Crippen molar-refractivity contribution in [2.75, 3.05) is 23.3 Å². The molecule has 4 aromatic rings. The summed E-state index contributed by atoms with van der Waals surface area (Å²) in [5.41, 5.74) is 1.09. The second kappa shape index (κ2) is 9.65. The van der Waals surface area contributed by atoms with Crippen LogP contribution in [0.2, 0.25) is 0 Å². The van der Waals surface area contributed by atoms with Gasteiger partial charge in [0.05, 0.1) is 17.3 Å². The van der Waals surface area contributed by atoms with Crippen molar-refractivity contribution in [2.45, 2.75) is 44.8 Å². The van der Waals surface area contributed by atoms with E-state index in [0.717, 1.165) is 6.07 Å². The van der Waals surface area contributed by atoms with E-state index in [1.807, 2.05) is 6.07 Å². The Morgan fingerprint density at radius 1 is 1.14 bits per heavy atom. The summed E-state index contributed by atoms with van der Waals surface area (Å²) in [5.74, 6) is 0.403. The van der Waals surface area contributed by atoms with Gasteiger partial charge in [0.1, 0.15) is 17.4 Å². The second-order valence-electron chi connectivity index (χ2n) is 9.49. The Hall–Kier alpha value is -3.86. The minimum atomic E-state index is -0.896. The number of imidazole rings is 1. The molecule has 11 heteroatoms. The average Bonchev–Trinajstić information content (AvgIpc) is 3.33. The van der Waals surface area contributed by atoms with Crippen molar-refractivity contribution < 1.29 is 18.6 Å². The van der Waals surface area contributed by atoms with Crippen LogP contribution in [0.25, 0.3) is 11.0 Å². The molecule has 1 aliphatic rings. The second-order valence-corrected chi connectivity index (χ2v) is 9.49. The Bertz CT molecular complexity index is 1350. The summed E-state index contributed by atoms with van der Waals surface area (Å²) in [4.78, 5) is 23.4. The minimum Gasteiger partial charge on any atom is -0.487 e. The number of aromatic nitrogens is 5. The molecule has 0 unspecified atom stereocenters. The first-order valence-electron chi connectivity index (χ1n) is 11.8. The molecule has 3 aromatic heterocycles. The number of fused-ring (bicyclic) bond motifs is 1. The summed E-state index contributed by atoms with van der Waals surface area (Å²) in [7, 11) is 0. The standard InChI is InChI=1S/C25H27F2N7O2/c1-25(2,35)13-16-12-19-20(14-30-16)32-23(22(31-19)33-24-28-7-8-29-24)34-9-5-17(6-10-34)36-21-4-3-15(26)11-18(21)27/h3-4,7-8,11-12,14,17,35H,5-6,9-10,13H2,1-2H3,(H2,28,29,31,33). The number of piperidine rings is 1. The lowest BCUT2D eigenvalue weighted by molar-refractivity contribution is 0.0800. The van der Waals surface area contributed by atoms with Gasteiger partial charge in [-0.15, -0.1) is 0 Å². The van der Waals surface area contributed by atoms with Gasteiger partial charge in [-0.25, -0.2) is 23.7 Å². The van der Waals surface area contributed by atoms with Crippen LogP contribution in [0, 0.1) is 11.6 Å². The molecule has 1 fully saturated rings. The van der Waals surface area contributed by atoms with E-state index >= 15 is 0 Å². The lowest BCUT2D eigenvalue weighted by Crippen LogP contribution is -2.39. The highest BCUT2D eigenvalue weighted by atomic mass is 19.1. The third kappa shape index (κ3) is 5.51. The van der Waals surface area contributed by atoms with E-state index in [4.69, 9.17) is 14.7 Å². The number of rotatable bonds is 7. The number of nitrogens with one attached hydrogen (secondary N) is 2. The number of pyridine rings is 1. The van der Waals surface area contributed by atoms with E-state index in [2.05, 4.69) is 25.2 Å². The molecule has 3 N–H and O–H groups in total. The number of hydrogen-bond acceptors (Lipinski definition) is 8. The summed E-state index contributed by atoms with van der Waals surface area (Å²) < 4.78 is 33.0. The average molecular weight is 496 g/mol. The quantitative estimate of drug-likeness (QED) is 0.351. The zero-order chi connectivity index (χ0) is 25.3. The number of anilines is 3. The van der Waals surface area contributed by atoms with Crippen LogP contribution in [0.4, 0.5) is 26.4 Å². The molecule has 36 heavy (non-hydrogen) atoms. The highest BCUT2D eigenvalue weighted by molar-refractivity contribution is 5.81. The molecule has 4 heterocycles. The lowest BCUT2D eigenvalue weighted by atomic mass is 10.0. The van der Waals surface area contributed by atoms with Gasteiger partial charge in [-0.1, -0.05) is 0 Å². The van der Waals surface area contributed by atoms with Gasteiger partial charge >= 0.3 is 0 Å². The van der Waals surface area contributed by atoms with Crippen molar-refractivity contribution in [2.24, 2.45) is 0 Å². The van der Waals surface area contributed by atoms with Crippen molar-refractivity contribution in [3.05, 3.63) is 60.2 Å². The largest absolute Gasteiger partial charge is 0.487 e. The third-order valence-corrected chi connectivity index (χ3v) is 5.87. The number of aliphatic hydroxyl groups is 1. The molecule has 0 atom stereocenters. The highest BCUT2D eigenvalue weighted by Gasteiger charge is 2.26. The summed E-state index contributed by atoms with van der Waals surface area (Å²) >= 11 is 0. The van der Waals surface area contributed by atoms with Gasteiger partial charge in [0.25, 0.3) is 0 Å². The smallest absolute Gasteiger partial charge is 0.205 e.